The van der Waals surface area contributed by atoms with Crippen molar-refractivity contribution in [1.29, 1.82) is 0 Å². The molecule has 100 valence electrons. The Morgan fingerprint density at radius 3 is 2.45 bits per heavy atom. The van der Waals surface area contributed by atoms with Gasteiger partial charge in [0.1, 0.15) is 11.5 Å². The second-order valence-corrected chi connectivity index (χ2v) is 6.52. The molecule has 0 bridgehead atoms. The minimum atomic E-state index is 0.741. The second-order valence-electron chi connectivity index (χ2n) is 4.45. The molecule has 0 aliphatic heterocycles. The molecule has 20 heavy (non-hydrogen) atoms. The van der Waals surface area contributed by atoms with Crippen LogP contribution in [0.4, 0.5) is 5.69 Å². The van der Waals surface area contributed by atoms with Crippen molar-refractivity contribution in [3.05, 3.63) is 62.6 Å². The van der Waals surface area contributed by atoms with E-state index in [9.17, 15) is 0 Å². The molecule has 2 nitrogen and oxygen atoms in total. The maximum absolute atomic E-state index is 5.93. The van der Waals surface area contributed by atoms with Gasteiger partial charge in [0.25, 0.3) is 0 Å². The van der Waals surface area contributed by atoms with E-state index in [0.29, 0.717) is 0 Å². The van der Waals surface area contributed by atoms with Gasteiger partial charge in [-0.15, -0.1) is 0 Å². The molecule has 0 aromatic heterocycles. The summed E-state index contributed by atoms with van der Waals surface area (Å²) in [6, 6.07) is 17.9. The summed E-state index contributed by atoms with van der Waals surface area (Å²) in [4.78, 5) is 0. The molecule has 0 aliphatic carbocycles. The molecule has 4 heteroatoms. The molecular formula is C16H11BrINO. The van der Waals surface area contributed by atoms with Crippen molar-refractivity contribution >= 4 is 55.0 Å². The second kappa shape index (κ2) is 5.61. The maximum Gasteiger partial charge on any atom is 0.140 e. The zero-order valence-electron chi connectivity index (χ0n) is 10.4. The van der Waals surface area contributed by atoms with E-state index in [-0.39, 0.29) is 0 Å². The first-order valence-electron chi connectivity index (χ1n) is 6.04. The lowest BCUT2D eigenvalue weighted by atomic mass is 10.1. The van der Waals surface area contributed by atoms with Gasteiger partial charge in [-0.2, -0.15) is 0 Å². The molecule has 3 rings (SSSR count). The highest BCUT2D eigenvalue weighted by Crippen LogP contribution is 2.30. The first-order chi connectivity index (χ1) is 9.61. The van der Waals surface area contributed by atoms with E-state index in [1.807, 2.05) is 36.4 Å². The fourth-order valence-electron chi connectivity index (χ4n) is 1.98. The molecule has 0 aliphatic rings. The van der Waals surface area contributed by atoms with Gasteiger partial charge in [-0.1, -0.05) is 28.1 Å². The molecule has 3 aromatic carbocycles. The highest BCUT2D eigenvalue weighted by atomic mass is 127. The Morgan fingerprint density at radius 2 is 1.65 bits per heavy atom. The van der Waals surface area contributed by atoms with E-state index in [0.717, 1.165) is 30.6 Å². The summed E-state index contributed by atoms with van der Waals surface area (Å²) in [5, 5.41) is 2.33. The van der Waals surface area contributed by atoms with Gasteiger partial charge in [0, 0.05) is 10.2 Å². The zero-order chi connectivity index (χ0) is 14.1. The van der Waals surface area contributed by atoms with Gasteiger partial charge >= 0.3 is 0 Å². The maximum atomic E-state index is 5.93. The van der Waals surface area contributed by atoms with Crippen molar-refractivity contribution in [2.24, 2.45) is 0 Å². The number of nitrogen functional groups attached to an aromatic ring is 1. The molecule has 0 spiro atoms. The van der Waals surface area contributed by atoms with Crippen LogP contribution in [-0.2, 0) is 0 Å². The highest BCUT2D eigenvalue weighted by molar-refractivity contribution is 14.1. The monoisotopic (exact) mass is 439 g/mol. The van der Waals surface area contributed by atoms with Crippen LogP contribution in [0.5, 0.6) is 11.5 Å². The molecule has 0 saturated heterocycles. The van der Waals surface area contributed by atoms with E-state index in [2.05, 4.69) is 56.7 Å². The SMILES string of the molecule is Nc1ccc(Oc2ccc3cc(Br)ccc3c2)c(I)c1. The quantitative estimate of drug-likeness (QED) is 0.417. The molecular weight excluding hydrogens is 429 g/mol. The lowest BCUT2D eigenvalue weighted by Gasteiger charge is -2.09. The van der Waals surface area contributed by atoms with Crippen molar-refractivity contribution in [2.45, 2.75) is 0 Å². The first-order valence-corrected chi connectivity index (χ1v) is 7.91. The highest BCUT2D eigenvalue weighted by Gasteiger charge is 2.04. The van der Waals surface area contributed by atoms with E-state index in [4.69, 9.17) is 10.5 Å². The van der Waals surface area contributed by atoms with Gasteiger partial charge in [0.05, 0.1) is 3.57 Å². The summed E-state index contributed by atoms with van der Waals surface area (Å²) in [5.41, 5.74) is 6.49. The Labute approximate surface area is 139 Å². The van der Waals surface area contributed by atoms with E-state index >= 15 is 0 Å². The molecule has 0 saturated carbocycles. The van der Waals surface area contributed by atoms with Gasteiger partial charge in [0.2, 0.25) is 0 Å². The van der Waals surface area contributed by atoms with Crippen LogP contribution in [0.25, 0.3) is 10.8 Å². The van der Waals surface area contributed by atoms with E-state index in [1.165, 1.54) is 5.39 Å². The molecule has 0 atom stereocenters. The Morgan fingerprint density at radius 1 is 0.900 bits per heavy atom. The lowest BCUT2D eigenvalue weighted by Crippen LogP contribution is -1.90. The number of anilines is 1. The molecule has 0 fully saturated rings. The van der Waals surface area contributed by atoms with Gasteiger partial charge < -0.3 is 10.5 Å². The minimum Gasteiger partial charge on any atom is -0.456 e. The third-order valence-corrected chi connectivity index (χ3v) is 4.29. The van der Waals surface area contributed by atoms with Crippen LogP contribution in [0.3, 0.4) is 0 Å². The Bertz CT molecular complexity index is 789. The smallest absolute Gasteiger partial charge is 0.140 e. The molecule has 0 heterocycles. The van der Waals surface area contributed by atoms with Gasteiger partial charge in [-0.05, 0) is 75.8 Å². The fourth-order valence-corrected chi connectivity index (χ4v) is 3.01. The Kier molecular flexibility index (Phi) is 3.85. The van der Waals surface area contributed by atoms with Crippen LogP contribution in [0, 0.1) is 3.57 Å². The van der Waals surface area contributed by atoms with Gasteiger partial charge in [-0.25, -0.2) is 0 Å². The number of hydrogen-bond acceptors (Lipinski definition) is 2. The summed E-state index contributed by atoms with van der Waals surface area (Å²) in [6.45, 7) is 0. The third-order valence-electron chi connectivity index (χ3n) is 2.96. The summed E-state index contributed by atoms with van der Waals surface area (Å²) in [7, 11) is 0. The van der Waals surface area contributed by atoms with Crippen molar-refractivity contribution in [3.8, 4) is 11.5 Å². The van der Waals surface area contributed by atoms with Crippen LogP contribution >= 0.6 is 38.5 Å². The number of halogens is 2. The number of benzene rings is 3. The van der Waals surface area contributed by atoms with Crippen LogP contribution < -0.4 is 10.5 Å². The zero-order valence-corrected chi connectivity index (χ0v) is 14.2. The van der Waals surface area contributed by atoms with E-state index < -0.39 is 0 Å². The molecule has 2 N–H and O–H groups in total. The van der Waals surface area contributed by atoms with Crippen molar-refractivity contribution in [1.82, 2.24) is 0 Å². The number of fused-ring (bicyclic) bond motifs is 1. The topological polar surface area (TPSA) is 35.2 Å². The predicted octanol–water partition coefficient (Wildman–Crippen LogP) is 5.58. The van der Waals surface area contributed by atoms with Crippen molar-refractivity contribution in [2.75, 3.05) is 5.73 Å². The molecule has 0 unspecified atom stereocenters. The average molecular weight is 440 g/mol. The Balaban J connectivity index is 1.96. The molecule has 0 amide bonds. The van der Waals surface area contributed by atoms with Crippen LogP contribution in [0.15, 0.2) is 59.1 Å². The average Bonchev–Trinajstić information content (AvgIpc) is 2.42. The van der Waals surface area contributed by atoms with Crippen molar-refractivity contribution < 1.29 is 4.74 Å². The number of hydrogen-bond donors (Lipinski definition) is 1. The van der Waals surface area contributed by atoms with Crippen LogP contribution in [0.1, 0.15) is 0 Å². The fraction of sp³-hybridized carbons (Fsp3) is 0. The van der Waals surface area contributed by atoms with Gasteiger partial charge in [0.15, 0.2) is 0 Å². The first kappa shape index (κ1) is 13.7. The minimum absolute atomic E-state index is 0.741. The summed E-state index contributed by atoms with van der Waals surface area (Å²) >= 11 is 5.70. The number of ether oxygens (including phenoxy) is 1. The largest absolute Gasteiger partial charge is 0.456 e. The molecule has 0 radical (unpaired) electrons. The third kappa shape index (κ3) is 2.91. The standard InChI is InChI=1S/C16H11BrINO/c17-12-3-1-11-8-14(5-2-10(11)7-12)20-16-6-4-13(19)9-15(16)18/h1-9H,19H2. The number of nitrogens with two attached hydrogens (primary N) is 1. The summed E-state index contributed by atoms with van der Waals surface area (Å²) in [6.07, 6.45) is 0. The van der Waals surface area contributed by atoms with Crippen molar-refractivity contribution in [3.63, 3.8) is 0 Å². The Hall–Kier alpha value is -1.27. The van der Waals surface area contributed by atoms with Gasteiger partial charge in [-0.3, -0.25) is 0 Å². The molecule has 3 aromatic rings. The van der Waals surface area contributed by atoms with Crippen LogP contribution in [-0.4, -0.2) is 0 Å². The normalized spacial score (nSPS) is 10.7. The predicted molar refractivity (Wildman–Crippen MR) is 95.3 cm³/mol. The summed E-state index contributed by atoms with van der Waals surface area (Å²) in [5.74, 6) is 1.64. The number of rotatable bonds is 2. The van der Waals surface area contributed by atoms with E-state index in [1.54, 1.807) is 0 Å². The summed E-state index contributed by atoms with van der Waals surface area (Å²) < 4.78 is 8.00. The lowest BCUT2D eigenvalue weighted by molar-refractivity contribution is 0.480. The van der Waals surface area contributed by atoms with Crippen LogP contribution in [0.2, 0.25) is 0 Å².